The van der Waals surface area contributed by atoms with Gasteiger partial charge in [-0.25, -0.2) is 13.6 Å². The molecule has 1 aliphatic heterocycles. The third-order valence-electron chi connectivity index (χ3n) is 4.96. The first-order chi connectivity index (χ1) is 14.8. The van der Waals surface area contributed by atoms with Gasteiger partial charge in [0.15, 0.2) is 17.9 Å². The number of rotatable bonds is 12. The molecule has 0 saturated carbocycles. The highest BCUT2D eigenvalue weighted by Crippen LogP contribution is 2.44. The van der Waals surface area contributed by atoms with Gasteiger partial charge in [-0.2, -0.15) is 4.98 Å². The zero-order chi connectivity index (χ0) is 23.0. The lowest BCUT2D eigenvalue weighted by molar-refractivity contribution is -0.212. The van der Waals surface area contributed by atoms with E-state index in [2.05, 4.69) is 4.98 Å². The van der Waals surface area contributed by atoms with Gasteiger partial charge >= 0.3 is 11.7 Å². The Labute approximate surface area is 179 Å². The van der Waals surface area contributed by atoms with Crippen LogP contribution in [0.4, 0.5) is 14.6 Å². The summed E-state index contributed by atoms with van der Waals surface area (Å²) < 4.78 is 52.3. The van der Waals surface area contributed by atoms with E-state index in [9.17, 15) is 18.4 Å². The summed E-state index contributed by atoms with van der Waals surface area (Å²) >= 11 is 0. The van der Waals surface area contributed by atoms with E-state index in [0.717, 1.165) is 24.3 Å². The molecule has 4 atom stereocenters. The van der Waals surface area contributed by atoms with Crippen molar-refractivity contribution in [3.05, 3.63) is 22.7 Å². The average Bonchev–Trinajstić information content (AvgIpc) is 2.99. The first-order valence-electron chi connectivity index (χ1n) is 10.4. The largest absolute Gasteiger partial charge is 0.455 e. The fraction of sp³-hybridized carbons (Fsp3) is 0.750. The lowest BCUT2D eigenvalue weighted by Crippen LogP contribution is -2.54. The lowest BCUT2D eigenvalue weighted by atomic mass is 9.95. The van der Waals surface area contributed by atoms with Crippen LogP contribution in [0.3, 0.4) is 0 Å². The zero-order valence-electron chi connectivity index (χ0n) is 18.1. The van der Waals surface area contributed by atoms with Crippen LogP contribution in [-0.2, 0) is 23.7 Å². The fourth-order valence-electron chi connectivity index (χ4n) is 3.36. The molecule has 0 spiro atoms. The Balaban J connectivity index is 2.49. The molecule has 1 fully saturated rings. The highest BCUT2D eigenvalue weighted by Gasteiger charge is 2.63. The molecule has 2 N–H and O–H groups in total. The number of alkyl halides is 2. The number of hydrogen-bond donors (Lipinski definition) is 1. The summed E-state index contributed by atoms with van der Waals surface area (Å²) in [6.45, 7) is 4.92. The van der Waals surface area contributed by atoms with E-state index in [0.29, 0.717) is 12.8 Å². The molecule has 9 nitrogen and oxygen atoms in total. The molecule has 1 aliphatic rings. The maximum atomic E-state index is 14.5. The predicted molar refractivity (Wildman–Crippen MR) is 108 cm³/mol. The van der Waals surface area contributed by atoms with Crippen LogP contribution in [0.25, 0.3) is 0 Å². The van der Waals surface area contributed by atoms with E-state index >= 15 is 0 Å². The SMILES string of the molecule is CCCCOC[C@@]1(C(F)F)O[C@@H](n2ccc(N)nc2=O)[C@@H](OC(C)=O)[C@@H]1OCCCC. The number of nitrogens with zero attached hydrogens (tertiary/aromatic N) is 2. The Bertz CT molecular complexity index is 778. The van der Waals surface area contributed by atoms with Gasteiger partial charge in [0.2, 0.25) is 0 Å². The number of nitrogens with two attached hydrogens (primary N) is 1. The molecule has 1 saturated heterocycles. The lowest BCUT2D eigenvalue weighted by Gasteiger charge is -2.33. The molecule has 176 valence electrons. The number of ether oxygens (including phenoxy) is 4. The van der Waals surface area contributed by atoms with Crippen LogP contribution in [-0.4, -0.2) is 59.6 Å². The monoisotopic (exact) mass is 447 g/mol. The van der Waals surface area contributed by atoms with Crippen LogP contribution < -0.4 is 11.4 Å². The Kier molecular flexibility index (Phi) is 9.32. The highest BCUT2D eigenvalue weighted by atomic mass is 19.3. The predicted octanol–water partition coefficient (Wildman–Crippen LogP) is 2.29. The molecule has 0 amide bonds. The van der Waals surface area contributed by atoms with Crippen molar-refractivity contribution >= 4 is 11.8 Å². The fourth-order valence-corrected chi connectivity index (χ4v) is 3.36. The van der Waals surface area contributed by atoms with E-state index in [4.69, 9.17) is 24.7 Å². The van der Waals surface area contributed by atoms with Gasteiger partial charge in [-0.3, -0.25) is 9.36 Å². The van der Waals surface area contributed by atoms with Crippen molar-refractivity contribution in [1.82, 2.24) is 9.55 Å². The summed E-state index contributed by atoms with van der Waals surface area (Å²) in [5.41, 5.74) is 2.46. The smallest absolute Gasteiger partial charge is 0.351 e. The van der Waals surface area contributed by atoms with Crippen LogP contribution in [0.15, 0.2) is 17.1 Å². The van der Waals surface area contributed by atoms with Crippen LogP contribution in [0, 0.1) is 0 Å². The standard InChI is InChI=1S/C20H31F2N3O6/c1-4-6-10-28-12-20(18(21)22)16(29-11-7-5-2)15(30-13(3)26)17(31-20)25-9-8-14(23)24-19(25)27/h8-9,15-18H,4-7,10-12H2,1-3H3,(H2,23,24,27)/t15-,16-,17+,20+/m0/s1. The Morgan fingerprint density at radius 2 is 2.00 bits per heavy atom. The minimum Gasteiger partial charge on any atom is -0.455 e. The van der Waals surface area contributed by atoms with E-state index in [-0.39, 0.29) is 19.0 Å². The van der Waals surface area contributed by atoms with Gasteiger partial charge in [0.05, 0.1) is 6.61 Å². The molecule has 0 aromatic carbocycles. The van der Waals surface area contributed by atoms with Crippen LogP contribution in [0.5, 0.6) is 0 Å². The van der Waals surface area contributed by atoms with Crippen molar-refractivity contribution in [2.45, 2.75) is 76.9 Å². The van der Waals surface area contributed by atoms with Gasteiger partial charge in [0.1, 0.15) is 11.9 Å². The average molecular weight is 447 g/mol. The molecule has 0 radical (unpaired) electrons. The third-order valence-corrected chi connectivity index (χ3v) is 4.96. The summed E-state index contributed by atoms with van der Waals surface area (Å²) in [4.78, 5) is 27.8. The van der Waals surface area contributed by atoms with Crippen LogP contribution in [0.1, 0.15) is 52.7 Å². The molecule has 0 aliphatic carbocycles. The minimum atomic E-state index is -3.04. The number of aromatic nitrogens is 2. The molecular weight excluding hydrogens is 416 g/mol. The Morgan fingerprint density at radius 3 is 2.58 bits per heavy atom. The number of carbonyl (C=O) groups is 1. The van der Waals surface area contributed by atoms with Gasteiger partial charge in [-0.05, 0) is 18.9 Å². The van der Waals surface area contributed by atoms with Gasteiger partial charge in [0, 0.05) is 26.3 Å². The van der Waals surface area contributed by atoms with E-state index in [1.54, 1.807) is 0 Å². The van der Waals surface area contributed by atoms with Crippen molar-refractivity contribution < 1.29 is 32.5 Å². The topological polar surface area (TPSA) is 115 Å². The third kappa shape index (κ3) is 5.98. The first kappa shape index (κ1) is 25.2. The number of carbonyl (C=O) groups excluding carboxylic acids is 1. The second kappa shape index (κ2) is 11.5. The Morgan fingerprint density at radius 1 is 1.32 bits per heavy atom. The molecule has 1 aromatic rings. The molecule has 31 heavy (non-hydrogen) atoms. The molecule has 11 heteroatoms. The van der Waals surface area contributed by atoms with Crippen LogP contribution >= 0.6 is 0 Å². The number of halogens is 2. The van der Waals surface area contributed by atoms with Crippen molar-refractivity contribution in [3.8, 4) is 0 Å². The van der Waals surface area contributed by atoms with Crippen molar-refractivity contribution in [1.29, 1.82) is 0 Å². The summed E-state index contributed by atoms with van der Waals surface area (Å²) in [7, 11) is 0. The van der Waals surface area contributed by atoms with Crippen molar-refractivity contribution in [2.75, 3.05) is 25.6 Å². The molecular formula is C20H31F2N3O6. The maximum Gasteiger partial charge on any atom is 0.351 e. The molecule has 0 unspecified atom stereocenters. The van der Waals surface area contributed by atoms with E-state index in [1.165, 1.54) is 12.3 Å². The van der Waals surface area contributed by atoms with Gasteiger partial charge < -0.3 is 24.7 Å². The molecule has 2 rings (SSSR count). The van der Waals surface area contributed by atoms with Gasteiger partial charge in [0.25, 0.3) is 6.43 Å². The first-order valence-corrected chi connectivity index (χ1v) is 10.4. The Hall–Kier alpha value is -2.11. The summed E-state index contributed by atoms with van der Waals surface area (Å²) in [5.74, 6) is -0.766. The van der Waals surface area contributed by atoms with Gasteiger partial charge in [-0.1, -0.05) is 26.7 Å². The minimum absolute atomic E-state index is 0.0398. The van der Waals surface area contributed by atoms with Crippen molar-refractivity contribution in [3.63, 3.8) is 0 Å². The zero-order valence-corrected chi connectivity index (χ0v) is 18.1. The second-order valence-corrected chi connectivity index (χ2v) is 7.43. The quantitative estimate of drug-likeness (QED) is 0.383. The van der Waals surface area contributed by atoms with Crippen molar-refractivity contribution in [2.24, 2.45) is 0 Å². The van der Waals surface area contributed by atoms with Gasteiger partial charge in [-0.15, -0.1) is 0 Å². The molecule has 2 heterocycles. The number of hydrogen-bond acceptors (Lipinski definition) is 8. The number of esters is 1. The van der Waals surface area contributed by atoms with Crippen LogP contribution in [0.2, 0.25) is 0 Å². The molecule has 1 aromatic heterocycles. The number of unbranched alkanes of at least 4 members (excludes halogenated alkanes) is 2. The molecule has 0 bridgehead atoms. The second-order valence-electron chi connectivity index (χ2n) is 7.43. The summed E-state index contributed by atoms with van der Waals surface area (Å²) in [6.07, 6.45) is -2.97. The number of nitrogen functional groups attached to an aromatic ring is 1. The maximum absolute atomic E-state index is 14.5. The summed E-state index contributed by atoms with van der Waals surface area (Å²) in [5, 5.41) is 0. The van der Waals surface area contributed by atoms with E-state index < -0.39 is 48.7 Å². The highest BCUT2D eigenvalue weighted by molar-refractivity contribution is 5.66. The normalized spacial score (nSPS) is 25.8. The van der Waals surface area contributed by atoms with E-state index in [1.807, 2.05) is 13.8 Å². The number of anilines is 1. The summed E-state index contributed by atoms with van der Waals surface area (Å²) in [6, 6.07) is 1.32.